The molecule has 0 aromatic heterocycles. The van der Waals surface area contributed by atoms with Crippen molar-refractivity contribution >= 4 is 27.5 Å². The molecule has 2 amide bonds. The Hall–Kier alpha value is -4.97. The lowest BCUT2D eigenvalue weighted by atomic mass is 10.0. The molecule has 47 heavy (non-hydrogen) atoms. The number of benzene rings is 4. The van der Waals surface area contributed by atoms with Crippen LogP contribution in [-0.2, 0) is 32.6 Å². The van der Waals surface area contributed by atoms with E-state index in [9.17, 15) is 22.4 Å². The molecule has 1 heterocycles. The largest absolute Gasteiger partial charge is 0.486 e. The molecule has 0 unspecified atom stereocenters. The summed E-state index contributed by atoms with van der Waals surface area (Å²) in [6.07, 6.45) is 0.0744. The lowest BCUT2D eigenvalue weighted by molar-refractivity contribution is -0.140. The summed E-state index contributed by atoms with van der Waals surface area (Å²) in [5.74, 6) is -1.87. The summed E-state index contributed by atoms with van der Waals surface area (Å²) in [5.41, 5.74) is 0.882. The van der Waals surface area contributed by atoms with Gasteiger partial charge in [0.15, 0.2) is 11.5 Å². The van der Waals surface area contributed by atoms with Crippen LogP contribution in [-0.4, -0.2) is 57.0 Å². The number of anilines is 1. The molecule has 4 aromatic rings. The number of amides is 2. The van der Waals surface area contributed by atoms with Gasteiger partial charge in [-0.15, -0.1) is 0 Å². The summed E-state index contributed by atoms with van der Waals surface area (Å²) >= 11 is 0. The van der Waals surface area contributed by atoms with E-state index in [-0.39, 0.29) is 47.5 Å². The fraction of sp³-hybridized carbons (Fsp3) is 0.257. The van der Waals surface area contributed by atoms with E-state index in [4.69, 9.17) is 9.47 Å². The van der Waals surface area contributed by atoms with Crippen LogP contribution in [0.25, 0.3) is 0 Å². The van der Waals surface area contributed by atoms with Gasteiger partial charge >= 0.3 is 0 Å². The van der Waals surface area contributed by atoms with Crippen molar-refractivity contribution < 1.29 is 36.3 Å². The second-order valence-corrected chi connectivity index (χ2v) is 13.1. The van der Waals surface area contributed by atoms with E-state index in [2.05, 4.69) is 5.32 Å². The Morgan fingerprint density at radius 3 is 2.19 bits per heavy atom. The van der Waals surface area contributed by atoms with Crippen LogP contribution < -0.4 is 19.1 Å². The number of carbonyl (C=O) groups is 2. The summed E-state index contributed by atoms with van der Waals surface area (Å²) in [5, 5.41) is 2.85. The van der Waals surface area contributed by atoms with Crippen LogP contribution in [0.3, 0.4) is 0 Å². The van der Waals surface area contributed by atoms with Crippen LogP contribution in [0.2, 0.25) is 0 Å². The van der Waals surface area contributed by atoms with Gasteiger partial charge in [0.1, 0.15) is 37.4 Å². The average Bonchev–Trinajstić information content (AvgIpc) is 3.06. The quantitative estimate of drug-likeness (QED) is 0.226. The third kappa shape index (κ3) is 8.07. The van der Waals surface area contributed by atoms with E-state index in [0.29, 0.717) is 12.4 Å². The molecule has 9 nitrogen and oxygen atoms in total. The Balaban J connectivity index is 1.58. The van der Waals surface area contributed by atoms with Crippen molar-refractivity contribution in [2.45, 2.75) is 43.8 Å². The zero-order valence-corrected chi connectivity index (χ0v) is 26.8. The van der Waals surface area contributed by atoms with Crippen molar-refractivity contribution in [1.82, 2.24) is 10.2 Å². The van der Waals surface area contributed by atoms with Gasteiger partial charge in [0.05, 0.1) is 10.6 Å². The molecule has 0 saturated heterocycles. The Bertz CT molecular complexity index is 1820. The fourth-order valence-corrected chi connectivity index (χ4v) is 6.62. The highest BCUT2D eigenvalue weighted by Gasteiger charge is 2.35. The molecular formula is C35H35F2N3O6S. The molecule has 1 aliphatic rings. The van der Waals surface area contributed by atoms with Crippen molar-refractivity contribution in [3.8, 4) is 11.5 Å². The first-order valence-corrected chi connectivity index (χ1v) is 16.5. The normalized spacial score (nSPS) is 13.1. The maximum Gasteiger partial charge on any atom is 0.264 e. The number of sulfonamides is 1. The van der Waals surface area contributed by atoms with Crippen molar-refractivity contribution in [3.05, 3.63) is 120 Å². The van der Waals surface area contributed by atoms with E-state index in [1.165, 1.54) is 53.4 Å². The van der Waals surface area contributed by atoms with Crippen LogP contribution in [0.1, 0.15) is 25.0 Å². The second-order valence-electron chi connectivity index (χ2n) is 11.3. The molecule has 12 heteroatoms. The second kappa shape index (κ2) is 14.6. The van der Waals surface area contributed by atoms with Crippen LogP contribution in [0.15, 0.2) is 102 Å². The molecule has 0 bridgehead atoms. The first kappa shape index (κ1) is 33.4. The van der Waals surface area contributed by atoms with Gasteiger partial charge in [-0.2, -0.15) is 0 Å². The zero-order valence-electron chi connectivity index (χ0n) is 25.9. The van der Waals surface area contributed by atoms with Gasteiger partial charge in [-0.05, 0) is 61.9 Å². The van der Waals surface area contributed by atoms with Gasteiger partial charge in [-0.1, -0.05) is 48.5 Å². The highest BCUT2D eigenvalue weighted by Crippen LogP contribution is 2.34. The molecule has 1 N–H and O–H groups in total. The smallest absolute Gasteiger partial charge is 0.264 e. The lowest BCUT2D eigenvalue weighted by Gasteiger charge is -2.34. The third-order valence-electron chi connectivity index (χ3n) is 7.50. The van der Waals surface area contributed by atoms with Crippen molar-refractivity contribution in [2.24, 2.45) is 0 Å². The topological polar surface area (TPSA) is 105 Å². The molecule has 4 aromatic carbocycles. The van der Waals surface area contributed by atoms with Crippen LogP contribution >= 0.6 is 0 Å². The van der Waals surface area contributed by atoms with Gasteiger partial charge in [-0.3, -0.25) is 13.9 Å². The molecule has 246 valence electrons. The number of ether oxygens (including phenoxy) is 2. The maximum atomic E-state index is 15.0. The van der Waals surface area contributed by atoms with Crippen molar-refractivity contribution in [1.29, 1.82) is 0 Å². The number of carbonyl (C=O) groups excluding carboxylic acids is 2. The first-order chi connectivity index (χ1) is 22.5. The molecule has 1 atom stereocenters. The lowest BCUT2D eigenvalue weighted by Crippen LogP contribution is -2.54. The molecular weight excluding hydrogens is 628 g/mol. The van der Waals surface area contributed by atoms with Crippen LogP contribution in [0.4, 0.5) is 14.5 Å². The summed E-state index contributed by atoms with van der Waals surface area (Å²) in [4.78, 5) is 29.2. The van der Waals surface area contributed by atoms with Crippen molar-refractivity contribution in [2.75, 3.05) is 24.1 Å². The number of fused-ring (bicyclic) bond motifs is 1. The summed E-state index contributed by atoms with van der Waals surface area (Å²) in [6, 6.07) is 22.2. The highest BCUT2D eigenvalue weighted by atomic mass is 32.2. The molecule has 0 spiro atoms. The number of hydrogen-bond donors (Lipinski definition) is 1. The molecule has 0 fully saturated rings. The van der Waals surface area contributed by atoms with Crippen LogP contribution in [0.5, 0.6) is 11.5 Å². The van der Waals surface area contributed by atoms with Crippen LogP contribution in [0, 0.1) is 11.6 Å². The monoisotopic (exact) mass is 663 g/mol. The minimum atomic E-state index is -4.48. The van der Waals surface area contributed by atoms with Crippen molar-refractivity contribution in [3.63, 3.8) is 0 Å². The van der Waals surface area contributed by atoms with E-state index < -0.39 is 46.1 Å². The van der Waals surface area contributed by atoms with Gasteiger partial charge in [-0.25, -0.2) is 17.2 Å². The van der Waals surface area contributed by atoms with E-state index in [0.717, 1.165) is 22.0 Å². The SMILES string of the molecule is CC(C)NC(=O)[C@@H](Cc1ccccc1)N(Cc1ccccc1F)C(=O)CN(c1ccc(F)cc1)S(=O)(=O)c1ccc2c(c1)OCCO2. The minimum absolute atomic E-state index is 0.00622. The summed E-state index contributed by atoms with van der Waals surface area (Å²) < 4.78 is 69.5. The standard InChI is InChI=1S/C35H35F2N3O6S/c1-24(2)38-35(42)31(20-25-8-4-3-5-9-25)39(22-26-10-6-7-11-30(26)37)34(41)23-40(28-14-12-27(36)13-15-28)47(43,44)29-16-17-32-33(21-29)46-19-18-45-32/h3-17,21,24,31H,18-20,22-23H2,1-2H3,(H,38,42)/t31-/m1/s1. The Morgan fingerprint density at radius 2 is 1.51 bits per heavy atom. The number of nitrogens with zero attached hydrogens (tertiary/aromatic N) is 2. The van der Waals surface area contributed by atoms with Gasteiger partial charge in [0.2, 0.25) is 11.8 Å². The van der Waals surface area contributed by atoms with E-state index >= 15 is 4.39 Å². The third-order valence-corrected chi connectivity index (χ3v) is 9.27. The molecule has 0 radical (unpaired) electrons. The Morgan fingerprint density at radius 1 is 0.851 bits per heavy atom. The number of halogens is 2. The van der Waals surface area contributed by atoms with Gasteiger partial charge in [0.25, 0.3) is 10.0 Å². The fourth-order valence-electron chi connectivity index (χ4n) is 5.19. The predicted octanol–water partition coefficient (Wildman–Crippen LogP) is 5.10. The van der Waals surface area contributed by atoms with E-state index in [1.807, 2.05) is 6.07 Å². The minimum Gasteiger partial charge on any atom is -0.486 e. The number of nitrogens with one attached hydrogen (secondary N) is 1. The summed E-state index contributed by atoms with van der Waals surface area (Å²) in [7, 11) is -4.48. The maximum absolute atomic E-state index is 15.0. The molecule has 0 saturated carbocycles. The molecule has 0 aliphatic carbocycles. The number of rotatable bonds is 12. The van der Waals surface area contributed by atoms with Gasteiger partial charge in [0, 0.05) is 30.6 Å². The predicted molar refractivity (Wildman–Crippen MR) is 173 cm³/mol. The first-order valence-electron chi connectivity index (χ1n) is 15.1. The zero-order chi connectivity index (χ0) is 33.6. The molecule has 1 aliphatic heterocycles. The Labute approximate surface area is 272 Å². The van der Waals surface area contributed by atoms with E-state index in [1.54, 1.807) is 44.2 Å². The van der Waals surface area contributed by atoms with Gasteiger partial charge < -0.3 is 19.7 Å². The molecule has 5 rings (SSSR count). The summed E-state index contributed by atoms with van der Waals surface area (Å²) in [6.45, 7) is 2.98. The average molecular weight is 664 g/mol. The highest BCUT2D eigenvalue weighted by molar-refractivity contribution is 7.92. The number of hydrogen-bond acceptors (Lipinski definition) is 6. The Kier molecular flexibility index (Phi) is 10.4.